The Bertz CT molecular complexity index is 766. The van der Waals surface area contributed by atoms with Crippen LogP contribution in [0.25, 0.3) is 0 Å². The number of allylic oxidation sites excluding steroid dienone is 2. The molecular formula is C26H36O4. The Balaban J connectivity index is 1.42. The van der Waals surface area contributed by atoms with E-state index in [1.807, 2.05) is 12.2 Å². The van der Waals surface area contributed by atoms with Crippen molar-refractivity contribution >= 4 is 5.97 Å². The van der Waals surface area contributed by atoms with Crippen molar-refractivity contribution in [2.75, 3.05) is 0 Å². The lowest BCUT2D eigenvalue weighted by Gasteiger charge is -2.19. The summed E-state index contributed by atoms with van der Waals surface area (Å²) in [5.74, 6) is 0.222. The average Bonchev–Trinajstić information content (AvgIpc) is 3.20. The number of aryl methyl sites for hydroxylation is 2. The number of carboxylic acids is 1. The molecule has 0 saturated heterocycles. The van der Waals surface area contributed by atoms with Crippen molar-refractivity contribution in [3.63, 3.8) is 0 Å². The van der Waals surface area contributed by atoms with Crippen molar-refractivity contribution in [1.82, 2.24) is 0 Å². The second kappa shape index (κ2) is 10.9. The summed E-state index contributed by atoms with van der Waals surface area (Å²) in [4.78, 5) is 10.6. The first kappa shape index (κ1) is 22.8. The summed E-state index contributed by atoms with van der Waals surface area (Å²) in [6.45, 7) is 2.10. The molecule has 2 aliphatic rings. The third-order valence-corrected chi connectivity index (χ3v) is 6.69. The number of carbonyl (C=O) groups is 1. The number of fused-ring (bicyclic) bond motifs is 1. The van der Waals surface area contributed by atoms with Crippen LogP contribution in [0.15, 0.2) is 48.1 Å². The fourth-order valence-electron chi connectivity index (χ4n) is 5.15. The van der Waals surface area contributed by atoms with E-state index in [0.29, 0.717) is 11.8 Å². The number of aliphatic hydroxyl groups is 2. The average molecular weight is 413 g/mol. The predicted molar refractivity (Wildman–Crippen MR) is 119 cm³/mol. The third kappa shape index (κ3) is 6.55. The van der Waals surface area contributed by atoms with E-state index >= 15 is 0 Å². The molecule has 1 saturated carbocycles. The van der Waals surface area contributed by atoms with E-state index < -0.39 is 12.1 Å². The molecule has 30 heavy (non-hydrogen) atoms. The van der Waals surface area contributed by atoms with Gasteiger partial charge < -0.3 is 15.3 Å². The minimum absolute atomic E-state index is 0.106. The molecule has 0 radical (unpaired) electrons. The standard InChI is InChI=1S/C26H36O4/c1-18-6-4-8-19(14-18)9-5-10-22(27)12-13-23-24-16-20(7-2-3-11-26(29)30)15-21(24)17-25(23)28/h4,6,8,12-15,21-25,27-28H,2-3,5,7,9-11,16-17H2,1H3,(H,29,30)/b13-12+/t21-,22+,23+,24-,25+/m0/s1. The number of benzene rings is 1. The van der Waals surface area contributed by atoms with Gasteiger partial charge in [-0.2, -0.15) is 0 Å². The number of aliphatic carboxylic acids is 1. The van der Waals surface area contributed by atoms with Gasteiger partial charge in [0.1, 0.15) is 0 Å². The van der Waals surface area contributed by atoms with Crippen molar-refractivity contribution in [3.05, 3.63) is 59.2 Å². The fraction of sp³-hybridized carbons (Fsp3) is 0.577. The van der Waals surface area contributed by atoms with Gasteiger partial charge in [-0.1, -0.05) is 53.6 Å². The highest BCUT2D eigenvalue weighted by Crippen LogP contribution is 2.48. The maximum atomic E-state index is 10.6. The Morgan fingerprint density at radius 1 is 1.23 bits per heavy atom. The largest absolute Gasteiger partial charge is 0.481 e. The summed E-state index contributed by atoms with van der Waals surface area (Å²) in [6.07, 6.45) is 12.7. The van der Waals surface area contributed by atoms with E-state index in [-0.39, 0.29) is 18.4 Å². The van der Waals surface area contributed by atoms with Gasteiger partial charge in [0.2, 0.25) is 0 Å². The number of carboxylic acid groups (broad SMARTS) is 1. The van der Waals surface area contributed by atoms with Crippen molar-refractivity contribution in [1.29, 1.82) is 0 Å². The van der Waals surface area contributed by atoms with E-state index in [1.165, 1.54) is 16.7 Å². The quantitative estimate of drug-likeness (QED) is 0.360. The zero-order valence-electron chi connectivity index (χ0n) is 18.0. The van der Waals surface area contributed by atoms with Crippen LogP contribution >= 0.6 is 0 Å². The lowest BCUT2D eigenvalue weighted by molar-refractivity contribution is -0.137. The zero-order valence-corrected chi connectivity index (χ0v) is 18.0. The normalized spacial score (nSPS) is 26.7. The molecule has 4 nitrogen and oxygen atoms in total. The maximum absolute atomic E-state index is 10.6. The van der Waals surface area contributed by atoms with Crippen LogP contribution in [-0.4, -0.2) is 33.5 Å². The van der Waals surface area contributed by atoms with E-state index in [1.54, 1.807) is 0 Å². The first-order valence-corrected chi connectivity index (χ1v) is 11.4. The maximum Gasteiger partial charge on any atom is 0.303 e. The van der Waals surface area contributed by atoms with Gasteiger partial charge in [-0.15, -0.1) is 0 Å². The minimum Gasteiger partial charge on any atom is -0.481 e. The molecule has 0 bridgehead atoms. The van der Waals surface area contributed by atoms with Crippen molar-refractivity contribution in [2.45, 2.75) is 76.9 Å². The Morgan fingerprint density at radius 3 is 2.83 bits per heavy atom. The molecule has 0 aromatic heterocycles. The molecular weight excluding hydrogens is 376 g/mol. The van der Waals surface area contributed by atoms with Gasteiger partial charge in [-0.3, -0.25) is 4.79 Å². The van der Waals surface area contributed by atoms with Gasteiger partial charge in [0.15, 0.2) is 0 Å². The monoisotopic (exact) mass is 412 g/mol. The van der Waals surface area contributed by atoms with E-state index in [9.17, 15) is 15.0 Å². The number of hydrogen-bond acceptors (Lipinski definition) is 3. The molecule has 4 heteroatoms. The Kier molecular flexibility index (Phi) is 8.29. The van der Waals surface area contributed by atoms with Gasteiger partial charge in [0.05, 0.1) is 12.2 Å². The minimum atomic E-state index is -0.724. The van der Waals surface area contributed by atoms with E-state index in [0.717, 1.165) is 51.4 Å². The number of unbranched alkanes of at least 4 members (excludes halogenated alkanes) is 1. The third-order valence-electron chi connectivity index (χ3n) is 6.69. The number of aliphatic hydroxyl groups excluding tert-OH is 2. The van der Waals surface area contributed by atoms with Gasteiger partial charge in [-0.25, -0.2) is 0 Å². The fourth-order valence-corrected chi connectivity index (χ4v) is 5.15. The highest BCUT2D eigenvalue weighted by molar-refractivity contribution is 5.66. The van der Waals surface area contributed by atoms with Crippen LogP contribution in [0, 0.1) is 24.7 Å². The van der Waals surface area contributed by atoms with Crippen LogP contribution in [0.2, 0.25) is 0 Å². The summed E-state index contributed by atoms with van der Waals surface area (Å²) in [5, 5.41) is 29.6. The topological polar surface area (TPSA) is 77.8 Å². The van der Waals surface area contributed by atoms with Crippen molar-refractivity contribution in [3.8, 4) is 0 Å². The molecule has 3 N–H and O–H groups in total. The van der Waals surface area contributed by atoms with Crippen LogP contribution in [0.1, 0.15) is 62.5 Å². The highest BCUT2D eigenvalue weighted by atomic mass is 16.4. The van der Waals surface area contributed by atoms with Crippen LogP contribution in [-0.2, 0) is 11.2 Å². The first-order chi connectivity index (χ1) is 14.4. The molecule has 0 aliphatic heterocycles. The molecule has 2 aliphatic carbocycles. The van der Waals surface area contributed by atoms with E-state index in [2.05, 4.69) is 37.3 Å². The highest BCUT2D eigenvalue weighted by Gasteiger charge is 2.43. The summed E-state index contributed by atoms with van der Waals surface area (Å²) < 4.78 is 0. The second-order valence-corrected chi connectivity index (χ2v) is 9.17. The molecule has 1 aromatic carbocycles. The number of rotatable bonds is 11. The lowest BCUT2D eigenvalue weighted by atomic mass is 9.88. The molecule has 164 valence electrons. The molecule has 1 fully saturated rings. The van der Waals surface area contributed by atoms with Gasteiger partial charge in [0, 0.05) is 12.3 Å². The zero-order chi connectivity index (χ0) is 21.5. The smallest absolute Gasteiger partial charge is 0.303 e. The first-order valence-electron chi connectivity index (χ1n) is 11.4. The van der Waals surface area contributed by atoms with Crippen molar-refractivity contribution < 1.29 is 20.1 Å². The Hall–Kier alpha value is -1.91. The Labute approximate surface area is 180 Å². The molecule has 3 rings (SSSR count). The van der Waals surface area contributed by atoms with Crippen LogP contribution in [0.5, 0.6) is 0 Å². The molecule has 0 spiro atoms. The second-order valence-electron chi connectivity index (χ2n) is 9.17. The van der Waals surface area contributed by atoms with Crippen molar-refractivity contribution in [2.24, 2.45) is 17.8 Å². The summed E-state index contributed by atoms with van der Waals surface area (Å²) in [7, 11) is 0. The summed E-state index contributed by atoms with van der Waals surface area (Å²) in [5.41, 5.74) is 4.00. The molecule has 1 aromatic rings. The SMILES string of the molecule is Cc1cccc(CCC[C@@H](O)/C=C/[C@@H]2[C@H]3CC(CCCCC(=O)O)=C[C@H]3C[C@H]2O)c1. The van der Waals surface area contributed by atoms with Gasteiger partial charge in [0.25, 0.3) is 0 Å². The molecule has 0 unspecified atom stereocenters. The summed E-state index contributed by atoms with van der Waals surface area (Å²) >= 11 is 0. The molecule has 0 heterocycles. The lowest BCUT2D eigenvalue weighted by Crippen LogP contribution is -2.18. The Morgan fingerprint density at radius 2 is 2.07 bits per heavy atom. The number of hydrogen-bond donors (Lipinski definition) is 3. The molecule has 5 atom stereocenters. The predicted octanol–water partition coefficient (Wildman–Crippen LogP) is 4.82. The molecule has 0 amide bonds. The van der Waals surface area contributed by atoms with E-state index in [4.69, 9.17) is 5.11 Å². The van der Waals surface area contributed by atoms with Gasteiger partial charge in [-0.05, 0) is 75.7 Å². The van der Waals surface area contributed by atoms with Crippen LogP contribution in [0.4, 0.5) is 0 Å². The van der Waals surface area contributed by atoms with Crippen LogP contribution in [0.3, 0.4) is 0 Å². The van der Waals surface area contributed by atoms with Gasteiger partial charge >= 0.3 is 5.97 Å². The van der Waals surface area contributed by atoms with Crippen LogP contribution < -0.4 is 0 Å². The summed E-state index contributed by atoms with van der Waals surface area (Å²) in [6, 6.07) is 8.51.